The molecule has 0 saturated carbocycles. The van der Waals surface area contributed by atoms with Crippen LogP contribution in [0.4, 0.5) is 0 Å². The average molecular weight is 276 g/mol. The van der Waals surface area contributed by atoms with Crippen LogP contribution in [0, 0.1) is 0 Å². The van der Waals surface area contributed by atoms with Gasteiger partial charge in [-0.1, -0.05) is 26.0 Å². The molecule has 0 fully saturated rings. The second-order valence-electron chi connectivity index (χ2n) is 4.58. The summed E-state index contributed by atoms with van der Waals surface area (Å²) in [5.41, 5.74) is 2.16. The number of hydrogen-bond donors (Lipinski definition) is 0. The molecule has 1 aromatic carbocycles. The van der Waals surface area contributed by atoms with Crippen molar-refractivity contribution in [3.63, 3.8) is 0 Å². The number of benzene rings is 1. The number of aromatic nitrogens is 2. The first-order chi connectivity index (χ1) is 9.24. The molecule has 2 aromatic rings. The first kappa shape index (κ1) is 14.0. The monoisotopic (exact) mass is 276 g/mol. The van der Waals surface area contributed by atoms with E-state index in [2.05, 4.69) is 18.9 Å². The lowest BCUT2D eigenvalue weighted by molar-refractivity contribution is 0.657. The van der Waals surface area contributed by atoms with Gasteiger partial charge in [0.05, 0.1) is 5.69 Å². The molecule has 0 N–H and O–H groups in total. The van der Waals surface area contributed by atoms with E-state index in [-0.39, 0.29) is 0 Å². The molecular formula is C15H20N2OS. The first-order valence-corrected chi connectivity index (χ1v) is 8.09. The minimum absolute atomic E-state index is 0.311. The van der Waals surface area contributed by atoms with E-state index < -0.39 is 10.8 Å². The smallest absolute Gasteiger partial charge is 0.0645 e. The summed E-state index contributed by atoms with van der Waals surface area (Å²) in [6.45, 7) is 4.21. The van der Waals surface area contributed by atoms with Gasteiger partial charge in [0.2, 0.25) is 0 Å². The Hall–Kier alpha value is -1.42. The van der Waals surface area contributed by atoms with Crippen molar-refractivity contribution in [2.45, 2.75) is 37.7 Å². The highest BCUT2D eigenvalue weighted by molar-refractivity contribution is 7.84. The van der Waals surface area contributed by atoms with Gasteiger partial charge < -0.3 is 0 Å². The summed E-state index contributed by atoms with van der Waals surface area (Å²) >= 11 is 0. The first-order valence-electron chi connectivity index (χ1n) is 6.70. The molecule has 0 spiro atoms. The fourth-order valence-electron chi connectivity index (χ4n) is 2.11. The van der Waals surface area contributed by atoms with Gasteiger partial charge >= 0.3 is 0 Å². The average Bonchev–Trinajstić information content (AvgIpc) is 2.95. The van der Waals surface area contributed by atoms with Crippen molar-refractivity contribution in [3.8, 4) is 5.69 Å². The summed E-state index contributed by atoms with van der Waals surface area (Å²) in [5, 5.41) is 4.50. The molecule has 0 radical (unpaired) electrons. The Morgan fingerprint density at radius 1 is 1.21 bits per heavy atom. The summed E-state index contributed by atoms with van der Waals surface area (Å²) in [5.74, 6) is 0.645. The number of hydrogen-bond acceptors (Lipinski definition) is 2. The quantitative estimate of drug-likeness (QED) is 0.811. The molecule has 1 aromatic heterocycles. The Morgan fingerprint density at radius 2 is 1.89 bits per heavy atom. The second-order valence-corrected chi connectivity index (χ2v) is 6.30. The predicted molar refractivity (Wildman–Crippen MR) is 79.8 cm³/mol. The van der Waals surface area contributed by atoms with Gasteiger partial charge in [-0.05, 0) is 36.6 Å². The van der Waals surface area contributed by atoms with Crippen LogP contribution in [0.1, 0.15) is 32.3 Å². The highest BCUT2D eigenvalue weighted by Gasteiger charge is 2.12. The van der Waals surface area contributed by atoms with Crippen LogP contribution >= 0.6 is 0 Å². The largest absolute Gasteiger partial charge is 0.259 e. The van der Waals surface area contributed by atoms with Crippen LogP contribution in [-0.2, 0) is 16.6 Å². The zero-order valence-electron chi connectivity index (χ0n) is 11.5. The zero-order chi connectivity index (χ0) is 13.7. The van der Waals surface area contributed by atoms with Gasteiger partial charge in [-0.15, -0.1) is 0 Å². The maximum absolute atomic E-state index is 12.2. The molecule has 1 atom stereocenters. The van der Waals surface area contributed by atoms with E-state index in [4.69, 9.17) is 0 Å². The predicted octanol–water partition coefficient (Wildman–Crippen LogP) is 3.31. The summed E-state index contributed by atoms with van der Waals surface area (Å²) in [4.78, 5) is 0. The van der Waals surface area contributed by atoms with Gasteiger partial charge in [-0.2, -0.15) is 5.10 Å². The van der Waals surface area contributed by atoms with E-state index in [0.29, 0.717) is 11.0 Å². The Bertz CT molecular complexity index is 516. The van der Waals surface area contributed by atoms with Crippen molar-refractivity contribution < 1.29 is 4.21 Å². The fraction of sp³-hybridized carbons (Fsp3) is 0.400. The highest BCUT2D eigenvalue weighted by Crippen LogP contribution is 2.14. The van der Waals surface area contributed by atoms with Crippen molar-refractivity contribution in [1.29, 1.82) is 0 Å². The molecule has 0 amide bonds. The third-order valence-electron chi connectivity index (χ3n) is 3.30. The molecule has 1 unspecified atom stereocenters. The second kappa shape index (κ2) is 6.66. The standard InChI is InChI=1S/C15H20N2OS/c1-3-15(4-2)19(18)12-13-6-8-14(9-7-13)17-11-5-10-16-17/h5-11,15H,3-4,12H2,1-2H3. The third-order valence-corrected chi connectivity index (χ3v) is 5.32. The lowest BCUT2D eigenvalue weighted by atomic mass is 10.2. The zero-order valence-corrected chi connectivity index (χ0v) is 12.3. The van der Waals surface area contributed by atoms with Gasteiger partial charge in [0.1, 0.15) is 0 Å². The number of nitrogens with zero attached hydrogens (tertiary/aromatic N) is 2. The molecule has 0 bridgehead atoms. The van der Waals surface area contributed by atoms with Crippen molar-refractivity contribution in [3.05, 3.63) is 48.3 Å². The minimum atomic E-state index is -0.775. The Balaban J connectivity index is 2.05. The Kier molecular flexibility index (Phi) is 4.91. The van der Waals surface area contributed by atoms with E-state index in [1.54, 1.807) is 6.20 Å². The summed E-state index contributed by atoms with van der Waals surface area (Å²) in [6.07, 6.45) is 5.64. The molecule has 0 aliphatic heterocycles. The fourth-order valence-corrected chi connectivity index (χ4v) is 3.61. The van der Waals surface area contributed by atoms with E-state index >= 15 is 0 Å². The Morgan fingerprint density at radius 3 is 2.42 bits per heavy atom. The molecule has 3 nitrogen and oxygen atoms in total. The molecule has 4 heteroatoms. The highest BCUT2D eigenvalue weighted by atomic mass is 32.2. The molecule has 0 aliphatic carbocycles. The van der Waals surface area contributed by atoms with E-state index in [9.17, 15) is 4.21 Å². The Labute approximate surface area is 117 Å². The summed E-state index contributed by atoms with van der Waals surface area (Å²) in [6, 6.07) is 10.0. The van der Waals surface area contributed by atoms with Gasteiger partial charge in [0, 0.05) is 34.2 Å². The molecule has 1 heterocycles. The van der Waals surface area contributed by atoms with Crippen LogP contribution in [-0.4, -0.2) is 19.2 Å². The topological polar surface area (TPSA) is 34.9 Å². The van der Waals surface area contributed by atoms with Crippen molar-refractivity contribution >= 4 is 10.8 Å². The molecule has 2 rings (SSSR count). The normalized spacial score (nSPS) is 12.8. The van der Waals surface area contributed by atoms with Gasteiger partial charge in [0.15, 0.2) is 0 Å². The minimum Gasteiger partial charge on any atom is -0.259 e. The van der Waals surface area contributed by atoms with Crippen LogP contribution in [0.3, 0.4) is 0 Å². The van der Waals surface area contributed by atoms with Crippen LogP contribution in [0.15, 0.2) is 42.7 Å². The molecule has 0 saturated heterocycles. The van der Waals surface area contributed by atoms with Crippen molar-refractivity contribution in [2.24, 2.45) is 0 Å². The van der Waals surface area contributed by atoms with E-state index in [0.717, 1.165) is 24.1 Å². The molecule has 102 valence electrons. The third kappa shape index (κ3) is 3.53. The van der Waals surface area contributed by atoms with E-state index in [1.165, 1.54) is 0 Å². The maximum Gasteiger partial charge on any atom is 0.0645 e. The maximum atomic E-state index is 12.2. The van der Waals surface area contributed by atoms with Crippen LogP contribution in [0.5, 0.6) is 0 Å². The van der Waals surface area contributed by atoms with Crippen LogP contribution in [0.2, 0.25) is 0 Å². The lowest BCUT2D eigenvalue weighted by Crippen LogP contribution is -2.14. The van der Waals surface area contributed by atoms with Gasteiger partial charge in [-0.25, -0.2) is 4.68 Å². The lowest BCUT2D eigenvalue weighted by Gasteiger charge is -2.12. The molecule has 0 aliphatic rings. The number of rotatable bonds is 6. The van der Waals surface area contributed by atoms with Gasteiger partial charge in [-0.3, -0.25) is 4.21 Å². The molecular weight excluding hydrogens is 256 g/mol. The van der Waals surface area contributed by atoms with Crippen molar-refractivity contribution in [1.82, 2.24) is 9.78 Å². The van der Waals surface area contributed by atoms with Crippen molar-refractivity contribution in [2.75, 3.05) is 0 Å². The SMILES string of the molecule is CCC(CC)S(=O)Cc1ccc(-n2cccn2)cc1. The van der Waals surface area contributed by atoms with Crippen LogP contribution < -0.4 is 0 Å². The summed E-state index contributed by atoms with van der Waals surface area (Å²) < 4.78 is 14.0. The van der Waals surface area contributed by atoms with Crippen LogP contribution in [0.25, 0.3) is 5.69 Å². The van der Waals surface area contributed by atoms with Gasteiger partial charge in [0.25, 0.3) is 0 Å². The summed E-state index contributed by atoms with van der Waals surface area (Å²) in [7, 11) is -0.775. The van der Waals surface area contributed by atoms with E-state index in [1.807, 2.05) is 41.2 Å². The molecule has 19 heavy (non-hydrogen) atoms.